The van der Waals surface area contributed by atoms with Gasteiger partial charge < -0.3 is 4.74 Å². The van der Waals surface area contributed by atoms with E-state index in [2.05, 4.69) is 29.2 Å². The van der Waals surface area contributed by atoms with Gasteiger partial charge in [-0.3, -0.25) is 4.90 Å². The first-order valence-electron chi connectivity index (χ1n) is 10.9. The number of morpholine rings is 1. The van der Waals surface area contributed by atoms with Crippen LogP contribution < -0.4 is 0 Å². The van der Waals surface area contributed by atoms with Gasteiger partial charge >= 0.3 is 0 Å². The van der Waals surface area contributed by atoms with Crippen LogP contribution >= 0.6 is 0 Å². The number of piperidine rings is 1. The quantitative estimate of drug-likeness (QED) is 0.692. The molecule has 0 aromatic heterocycles. The second kappa shape index (κ2) is 9.92. The van der Waals surface area contributed by atoms with E-state index in [1.165, 1.54) is 23.3 Å². The summed E-state index contributed by atoms with van der Waals surface area (Å²) in [6, 6.07) is 17.1. The van der Waals surface area contributed by atoms with Crippen molar-refractivity contribution >= 4 is 10.0 Å². The Labute approximate surface area is 185 Å². The Morgan fingerprint density at radius 2 is 1.52 bits per heavy atom. The van der Waals surface area contributed by atoms with E-state index < -0.39 is 10.0 Å². The Kier molecular flexibility index (Phi) is 7.03. The summed E-state index contributed by atoms with van der Waals surface area (Å²) in [5.74, 6) is 0.498. The summed E-state index contributed by atoms with van der Waals surface area (Å²) in [5, 5.41) is 8.90. The zero-order chi connectivity index (χ0) is 21.7. The van der Waals surface area contributed by atoms with Crippen molar-refractivity contribution in [1.82, 2.24) is 9.21 Å². The molecule has 0 N–H and O–H groups in total. The van der Waals surface area contributed by atoms with E-state index in [1.54, 1.807) is 16.4 Å². The number of ether oxygens (including phenoxy) is 1. The van der Waals surface area contributed by atoms with Gasteiger partial charge in [-0.2, -0.15) is 9.57 Å². The highest BCUT2D eigenvalue weighted by molar-refractivity contribution is 7.89. The normalized spacial score (nSPS) is 19.2. The van der Waals surface area contributed by atoms with E-state index in [4.69, 9.17) is 10.00 Å². The monoisotopic (exact) mass is 439 g/mol. The average Bonchev–Trinajstić information content (AvgIpc) is 2.81. The second-order valence-electron chi connectivity index (χ2n) is 8.39. The molecule has 0 atom stereocenters. The maximum atomic E-state index is 12.9. The highest BCUT2D eigenvalue weighted by Gasteiger charge is 2.29. The third-order valence-corrected chi connectivity index (χ3v) is 8.16. The van der Waals surface area contributed by atoms with Gasteiger partial charge in [0.05, 0.1) is 29.7 Å². The summed E-state index contributed by atoms with van der Waals surface area (Å²) in [5.41, 5.74) is 3.11. The summed E-state index contributed by atoms with van der Waals surface area (Å²) in [6.45, 7) is 5.67. The lowest BCUT2D eigenvalue weighted by molar-refractivity contribution is 0.0342. The molecule has 4 rings (SSSR count). The molecule has 0 radical (unpaired) electrons. The largest absolute Gasteiger partial charge is 0.379 e. The molecular weight excluding hydrogens is 410 g/mol. The number of hydrogen-bond donors (Lipinski definition) is 0. The lowest BCUT2D eigenvalue weighted by Gasteiger charge is -2.31. The summed E-state index contributed by atoms with van der Waals surface area (Å²) in [6.07, 6.45) is 2.72. The van der Waals surface area contributed by atoms with Crippen molar-refractivity contribution < 1.29 is 13.2 Å². The first-order chi connectivity index (χ1) is 15.0. The molecule has 6 nitrogen and oxygen atoms in total. The SMILES string of the molecule is N#Cc1ccc(S(=O)(=O)N2CCC(Cc3ccc(CN4CCOCC4)cc3)CC2)cc1. The van der Waals surface area contributed by atoms with Crippen LogP contribution in [0.2, 0.25) is 0 Å². The van der Waals surface area contributed by atoms with Crippen LogP contribution in [0.5, 0.6) is 0 Å². The smallest absolute Gasteiger partial charge is 0.243 e. The molecule has 2 aliphatic heterocycles. The summed E-state index contributed by atoms with van der Waals surface area (Å²) in [7, 11) is -3.49. The Morgan fingerprint density at radius 1 is 0.903 bits per heavy atom. The van der Waals surface area contributed by atoms with Gasteiger partial charge in [-0.15, -0.1) is 0 Å². The fraction of sp³-hybridized carbons (Fsp3) is 0.458. The van der Waals surface area contributed by atoms with Gasteiger partial charge in [0.15, 0.2) is 0 Å². The van der Waals surface area contributed by atoms with Gasteiger partial charge in [0, 0.05) is 32.7 Å². The van der Waals surface area contributed by atoms with Crippen LogP contribution in [0.3, 0.4) is 0 Å². The van der Waals surface area contributed by atoms with Crippen molar-refractivity contribution in [3.63, 3.8) is 0 Å². The lowest BCUT2D eigenvalue weighted by atomic mass is 9.91. The molecular formula is C24H29N3O3S. The van der Waals surface area contributed by atoms with E-state index in [-0.39, 0.29) is 4.90 Å². The standard InChI is InChI=1S/C24H29N3O3S/c25-18-22-5-7-24(8-6-22)31(28,29)27-11-9-21(10-12-27)17-20-1-3-23(4-2-20)19-26-13-15-30-16-14-26/h1-8,21H,9-17,19H2. The minimum Gasteiger partial charge on any atom is -0.379 e. The van der Waals surface area contributed by atoms with Gasteiger partial charge in [-0.1, -0.05) is 24.3 Å². The highest BCUT2D eigenvalue weighted by Crippen LogP contribution is 2.26. The van der Waals surface area contributed by atoms with Gasteiger partial charge in [-0.25, -0.2) is 8.42 Å². The molecule has 2 aliphatic rings. The van der Waals surface area contributed by atoms with Crippen molar-refractivity contribution in [2.45, 2.75) is 30.7 Å². The van der Waals surface area contributed by atoms with Gasteiger partial charge in [0.25, 0.3) is 0 Å². The van der Waals surface area contributed by atoms with Crippen molar-refractivity contribution in [3.05, 3.63) is 65.2 Å². The van der Waals surface area contributed by atoms with Crippen LogP contribution in [0.15, 0.2) is 53.4 Å². The van der Waals surface area contributed by atoms with Crippen LogP contribution in [0.1, 0.15) is 29.5 Å². The maximum absolute atomic E-state index is 12.9. The number of nitriles is 1. The minimum atomic E-state index is -3.49. The fourth-order valence-electron chi connectivity index (χ4n) is 4.34. The Hall–Kier alpha value is -2.24. The van der Waals surface area contributed by atoms with Gasteiger partial charge in [0.2, 0.25) is 10.0 Å². The first kappa shape index (κ1) is 22.0. The topological polar surface area (TPSA) is 73.6 Å². The number of hydrogen-bond acceptors (Lipinski definition) is 5. The molecule has 0 aliphatic carbocycles. The van der Waals surface area contributed by atoms with E-state index in [0.717, 1.165) is 52.1 Å². The summed E-state index contributed by atoms with van der Waals surface area (Å²) in [4.78, 5) is 2.68. The van der Waals surface area contributed by atoms with Crippen LogP contribution in [-0.4, -0.2) is 57.0 Å². The molecule has 2 fully saturated rings. The van der Waals surface area contributed by atoms with E-state index in [9.17, 15) is 8.42 Å². The first-order valence-corrected chi connectivity index (χ1v) is 12.4. The molecule has 2 saturated heterocycles. The molecule has 0 unspecified atom stereocenters. The van der Waals surface area contributed by atoms with E-state index in [0.29, 0.717) is 24.6 Å². The molecule has 0 saturated carbocycles. The summed E-state index contributed by atoms with van der Waals surface area (Å²) >= 11 is 0. The molecule has 0 amide bonds. The van der Waals surface area contributed by atoms with Crippen molar-refractivity contribution in [1.29, 1.82) is 5.26 Å². The van der Waals surface area contributed by atoms with E-state index >= 15 is 0 Å². The van der Waals surface area contributed by atoms with Gasteiger partial charge in [-0.05, 0) is 60.6 Å². The molecule has 2 aromatic rings. The number of nitrogens with zero attached hydrogens (tertiary/aromatic N) is 3. The molecule has 7 heteroatoms. The maximum Gasteiger partial charge on any atom is 0.243 e. The molecule has 0 spiro atoms. The predicted molar refractivity (Wildman–Crippen MR) is 119 cm³/mol. The van der Waals surface area contributed by atoms with E-state index in [1.807, 2.05) is 6.07 Å². The number of benzene rings is 2. The van der Waals surface area contributed by atoms with Crippen molar-refractivity contribution in [3.8, 4) is 6.07 Å². The molecule has 2 aromatic carbocycles. The summed E-state index contributed by atoms with van der Waals surface area (Å²) < 4.78 is 32.8. The molecule has 31 heavy (non-hydrogen) atoms. The molecule has 164 valence electrons. The Bertz CT molecular complexity index is 1000. The Morgan fingerprint density at radius 3 is 2.13 bits per heavy atom. The third kappa shape index (κ3) is 5.52. The fourth-order valence-corrected chi connectivity index (χ4v) is 5.81. The second-order valence-corrected chi connectivity index (χ2v) is 10.3. The predicted octanol–water partition coefficient (Wildman–Crippen LogP) is 3.03. The van der Waals surface area contributed by atoms with Crippen LogP contribution in [0.25, 0.3) is 0 Å². The Balaban J connectivity index is 1.29. The van der Waals surface area contributed by atoms with Crippen molar-refractivity contribution in [2.24, 2.45) is 5.92 Å². The number of sulfonamides is 1. The van der Waals surface area contributed by atoms with Crippen molar-refractivity contribution in [2.75, 3.05) is 39.4 Å². The third-order valence-electron chi connectivity index (χ3n) is 6.25. The zero-order valence-corrected chi connectivity index (χ0v) is 18.6. The minimum absolute atomic E-state index is 0.265. The van der Waals surface area contributed by atoms with Crippen LogP contribution in [-0.2, 0) is 27.7 Å². The number of rotatable bonds is 6. The molecule has 0 bridgehead atoms. The van der Waals surface area contributed by atoms with Gasteiger partial charge in [0.1, 0.15) is 0 Å². The average molecular weight is 440 g/mol. The van der Waals surface area contributed by atoms with Crippen LogP contribution in [0, 0.1) is 17.2 Å². The highest BCUT2D eigenvalue weighted by atomic mass is 32.2. The lowest BCUT2D eigenvalue weighted by Crippen LogP contribution is -2.38. The molecule has 2 heterocycles. The van der Waals surface area contributed by atoms with Crippen LogP contribution in [0.4, 0.5) is 0 Å². The zero-order valence-electron chi connectivity index (χ0n) is 17.7.